The highest BCUT2D eigenvalue weighted by atomic mass is 16.6. The van der Waals surface area contributed by atoms with Crippen LogP contribution < -0.4 is 5.32 Å². The van der Waals surface area contributed by atoms with E-state index in [1.165, 1.54) is 6.07 Å². The van der Waals surface area contributed by atoms with Gasteiger partial charge in [-0.05, 0) is 18.1 Å². The van der Waals surface area contributed by atoms with Gasteiger partial charge in [-0.25, -0.2) is 0 Å². The first-order valence-corrected chi connectivity index (χ1v) is 6.85. The van der Waals surface area contributed by atoms with E-state index in [1.54, 1.807) is 18.2 Å². The van der Waals surface area contributed by atoms with E-state index in [1.807, 2.05) is 30.3 Å². The number of nitro groups is 1. The normalized spacial score (nSPS) is 11.9. The van der Waals surface area contributed by atoms with Crippen LogP contribution in [0.2, 0.25) is 0 Å². The molecule has 0 aliphatic rings. The van der Waals surface area contributed by atoms with Crippen LogP contribution in [0, 0.1) is 10.1 Å². The monoisotopic (exact) mass is 286 g/mol. The Labute approximate surface area is 123 Å². The van der Waals surface area contributed by atoms with Crippen molar-refractivity contribution in [3.05, 3.63) is 70.3 Å². The summed E-state index contributed by atoms with van der Waals surface area (Å²) in [5.41, 5.74) is 1.67. The van der Waals surface area contributed by atoms with Crippen LogP contribution in [0.25, 0.3) is 0 Å². The molecule has 5 nitrogen and oxygen atoms in total. The molecule has 0 fully saturated rings. The Morgan fingerprint density at radius 3 is 2.43 bits per heavy atom. The van der Waals surface area contributed by atoms with E-state index in [2.05, 4.69) is 5.32 Å². The SMILES string of the molecule is O=[N+]([O-])c1ccccc1NCC(CCO)c1ccccc1. The highest BCUT2D eigenvalue weighted by Gasteiger charge is 2.15. The summed E-state index contributed by atoms with van der Waals surface area (Å²) in [4.78, 5) is 10.6. The van der Waals surface area contributed by atoms with Gasteiger partial charge in [0, 0.05) is 25.1 Å². The third-order valence-electron chi connectivity index (χ3n) is 3.39. The second-order valence-electron chi connectivity index (χ2n) is 4.78. The van der Waals surface area contributed by atoms with Crippen molar-refractivity contribution in [2.75, 3.05) is 18.5 Å². The Kier molecular flexibility index (Phi) is 5.29. The standard InChI is InChI=1S/C16H18N2O3/c19-11-10-14(13-6-2-1-3-7-13)12-17-15-8-4-5-9-16(15)18(20)21/h1-9,14,17,19H,10-12H2. The van der Waals surface area contributed by atoms with Crippen LogP contribution in [0.15, 0.2) is 54.6 Å². The zero-order chi connectivity index (χ0) is 15.1. The summed E-state index contributed by atoms with van der Waals surface area (Å²) in [5, 5.41) is 23.3. The van der Waals surface area contributed by atoms with Gasteiger partial charge < -0.3 is 10.4 Å². The molecular formula is C16H18N2O3. The molecule has 1 atom stereocenters. The van der Waals surface area contributed by atoms with Crippen molar-refractivity contribution in [2.45, 2.75) is 12.3 Å². The molecule has 0 aromatic heterocycles. The van der Waals surface area contributed by atoms with Gasteiger partial charge in [-0.2, -0.15) is 0 Å². The molecular weight excluding hydrogens is 268 g/mol. The lowest BCUT2D eigenvalue weighted by atomic mass is 9.96. The fourth-order valence-corrected chi connectivity index (χ4v) is 2.28. The van der Waals surface area contributed by atoms with Gasteiger partial charge in [0.05, 0.1) is 4.92 Å². The van der Waals surface area contributed by atoms with Crippen LogP contribution in [0.3, 0.4) is 0 Å². The summed E-state index contributed by atoms with van der Waals surface area (Å²) in [5.74, 6) is 0.107. The number of nitrogens with zero attached hydrogens (tertiary/aromatic N) is 1. The Hall–Kier alpha value is -2.40. The van der Waals surface area contributed by atoms with E-state index in [4.69, 9.17) is 0 Å². The number of aliphatic hydroxyl groups excluding tert-OH is 1. The number of benzene rings is 2. The largest absolute Gasteiger partial charge is 0.396 e. The van der Waals surface area contributed by atoms with Crippen molar-refractivity contribution < 1.29 is 10.0 Å². The zero-order valence-electron chi connectivity index (χ0n) is 11.6. The van der Waals surface area contributed by atoms with Gasteiger partial charge in [0.15, 0.2) is 0 Å². The fraction of sp³-hybridized carbons (Fsp3) is 0.250. The summed E-state index contributed by atoms with van der Waals surface area (Å²) in [6.07, 6.45) is 0.609. The highest BCUT2D eigenvalue weighted by molar-refractivity contribution is 5.61. The second kappa shape index (κ2) is 7.40. The molecule has 2 rings (SSSR count). The molecule has 0 radical (unpaired) electrons. The third-order valence-corrected chi connectivity index (χ3v) is 3.39. The van der Waals surface area contributed by atoms with Crippen molar-refractivity contribution in [2.24, 2.45) is 0 Å². The van der Waals surface area contributed by atoms with E-state index < -0.39 is 4.92 Å². The maximum atomic E-state index is 11.0. The second-order valence-corrected chi connectivity index (χ2v) is 4.78. The zero-order valence-corrected chi connectivity index (χ0v) is 11.6. The maximum Gasteiger partial charge on any atom is 0.292 e. The molecule has 2 aromatic carbocycles. The molecule has 0 saturated carbocycles. The van der Waals surface area contributed by atoms with Crippen LogP contribution in [0.4, 0.5) is 11.4 Å². The van der Waals surface area contributed by atoms with Crippen molar-refractivity contribution in [1.29, 1.82) is 0 Å². The van der Waals surface area contributed by atoms with Gasteiger partial charge in [-0.15, -0.1) is 0 Å². The van der Waals surface area contributed by atoms with E-state index in [9.17, 15) is 15.2 Å². The van der Waals surface area contributed by atoms with Crippen LogP contribution >= 0.6 is 0 Å². The van der Waals surface area contributed by atoms with Crippen molar-refractivity contribution >= 4 is 11.4 Å². The summed E-state index contributed by atoms with van der Waals surface area (Å²) >= 11 is 0. The van der Waals surface area contributed by atoms with E-state index >= 15 is 0 Å². The topological polar surface area (TPSA) is 75.4 Å². The number of rotatable bonds is 7. The lowest BCUT2D eigenvalue weighted by Crippen LogP contribution is -2.14. The number of aliphatic hydroxyl groups is 1. The number of para-hydroxylation sites is 2. The molecule has 0 spiro atoms. The summed E-state index contributed by atoms with van der Waals surface area (Å²) < 4.78 is 0. The predicted molar refractivity (Wildman–Crippen MR) is 82.5 cm³/mol. The number of nitro benzene ring substituents is 1. The fourth-order valence-electron chi connectivity index (χ4n) is 2.28. The number of hydrogen-bond acceptors (Lipinski definition) is 4. The van der Waals surface area contributed by atoms with Crippen LogP contribution in [-0.2, 0) is 0 Å². The minimum absolute atomic E-state index is 0.0633. The third kappa shape index (κ3) is 4.03. The molecule has 5 heteroatoms. The molecule has 0 bridgehead atoms. The number of hydrogen-bond donors (Lipinski definition) is 2. The molecule has 0 aliphatic heterocycles. The lowest BCUT2D eigenvalue weighted by Gasteiger charge is -2.17. The van der Waals surface area contributed by atoms with E-state index in [-0.39, 0.29) is 18.2 Å². The Morgan fingerprint density at radius 1 is 1.10 bits per heavy atom. The van der Waals surface area contributed by atoms with E-state index in [0.717, 1.165) is 5.56 Å². The van der Waals surface area contributed by atoms with Gasteiger partial charge in [0.2, 0.25) is 0 Å². The molecule has 2 N–H and O–H groups in total. The quantitative estimate of drug-likeness (QED) is 0.605. The van der Waals surface area contributed by atoms with Crippen molar-refractivity contribution in [3.63, 3.8) is 0 Å². The number of anilines is 1. The Bertz CT molecular complexity index is 587. The molecule has 21 heavy (non-hydrogen) atoms. The molecule has 0 heterocycles. The summed E-state index contributed by atoms with van der Waals surface area (Å²) in [6.45, 7) is 0.619. The molecule has 110 valence electrons. The molecule has 2 aromatic rings. The molecule has 0 aliphatic carbocycles. The van der Waals surface area contributed by atoms with Gasteiger partial charge in [0.1, 0.15) is 5.69 Å². The minimum Gasteiger partial charge on any atom is -0.396 e. The first-order chi connectivity index (χ1) is 10.2. The molecule has 1 unspecified atom stereocenters. The van der Waals surface area contributed by atoms with Crippen LogP contribution in [-0.4, -0.2) is 23.2 Å². The predicted octanol–water partition coefficient (Wildman–Crippen LogP) is 3.17. The lowest BCUT2D eigenvalue weighted by molar-refractivity contribution is -0.384. The first-order valence-electron chi connectivity index (χ1n) is 6.85. The van der Waals surface area contributed by atoms with E-state index in [0.29, 0.717) is 18.7 Å². The minimum atomic E-state index is -0.397. The maximum absolute atomic E-state index is 11.0. The average Bonchev–Trinajstić information content (AvgIpc) is 2.52. The highest BCUT2D eigenvalue weighted by Crippen LogP contribution is 2.25. The van der Waals surface area contributed by atoms with Crippen LogP contribution in [0.5, 0.6) is 0 Å². The van der Waals surface area contributed by atoms with Gasteiger partial charge in [-0.1, -0.05) is 42.5 Å². The van der Waals surface area contributed by atoms with Gasteiger partial charge in [-0.3, -0.25) is 10.1 Å². The Morgan fingerprint density at radius 2 is 1.76 bits per heavy atom. The number of nitrogens with one attached hydrogen (secondary N) is 1. The molecule has 0 amide bonds. The van der Waals surface area contributed by atoms with Gasteiger partial charge >= 0.3 is 0 Å². The molecule has 0 saturated heterocycles. The summed E-state index contributed by atoms with van der Waals surface area (Å²) in [7, 11) is 0. The average molecular weight is 286 g/mol. The first kappa shape index (κ1) is 15.0. The van der Waals surface area contributed by atoms with Crippen molar-refractivity contribution in [1.82, 2.24) is 0 Å². The summed E-state index contributed by atoms with van der Waals surface area (Å²) in [6, 6.07) is 16.4. The van der Waals surface area contributed by atoms with Crippen LogP contribution in [0.1, 0.15) is 17.9 Å². The van der Waals surface area contributed by atoms with Crippen molar-refractivity contribution in [3.8, 4) is 0 Å². The smallest absolute Gasteiger partial charge is 0.292 e. The van der Waals surface area contributed by atoms with Gasteiger partial charge in [0.25, 0.3) is 5.69 Å². The Balaban J connectivity index is 2.11.